The van der Waals surface area contributed by atoms with Crippen LogP contribution in [-0.4, -0.2) is 47.4 Å². The fourth-order valence-electron chi connectivity index (χ4n) is 8.57. The summed E-state index contributed by atoms with van der Waals surface area (Å²) in [5.74, 6) is -0.0872. The van der Waals surface area contributed by atoms with E-state index in [9.17, 15) is 19.8 Å². The number of rotatable bonds is 52. The summed E-state index contributed by atoms with van der Waals surface area (Å²) in [4.78, 5) is 24.5. The summed E-state index contributed by atoms with van der Waals surface area (Å²) in [7, 11) is 0. The second-order valence-electron chi connectivity index (χ2n) is 19.3. The standard InChI is InChI=1S/C58H109NO5/c1-3-5-7-9-11-13-15-17-18-19-20-21-23-27-30-34-38-42-46-50-56(61)55(54-60)59-57(62)51-47-43-39-35-31-28-24-22-25-29-33-37-41-45-49-53-64-58(63)52-48-44-40-36-32-26-16-14-12-10-8-6-4-2/h14,16,22,25,29,33,55-56,60-61H,3-13,15,17-21,23-24,26-28,30-32,34-54H2,1-2H3,(H,59,62)/b16-14-,25-22-,33-29-. The highest BCUT2D eigenvalue weighted by atomic mass is 16.5. The molecule has 3 N–H and O–H groups in total. The van der Waals surface area contributed by atoms with E-state index < -0.39 is 12.1 Å². The molecule has 376 valence electrons. The molecule has 0 aliphatic rings. The van der Waals surface area contributed by atoms with Crippen LogP contribution in [0.1, 0.15) is 296 Å². The average Bonchev–Trinajstić information content (AvgIpc) is 3.29. The van der Waals surface area contributed by atoms with E-state index in [2.05, 4.69) is 55.6 Å². The Morgan fingerprint density at radius 3 is 1.22 bits per heavy atom. The second kappa shape index (κ2) is 53.7. The zero-order chi connectivity index (χ0) is 46.5. The highest BCUT2D eigenvalue weighted by molar-refractivity contribution is 5.76. The maximum atomic E-state index is 12.5. The Morgan fingerprint density at radius 1 is 0.438 bits per heavy atom. The highest BCUT2D eigenvalue weighted by Gasteiger charge is 2.20. The van der Waals surface area contributed by atoms with Gasteiger partial charge in [-0.2, -0.15) is 0 Å². The molecular formula is C58H109NO5. The second-order valence-corrected chi connectivity index (χ2v) is 19.3. The van der Waals surface area contributed by atoms with Crippen molar-refractivity contribution in [3.05, 3.63) is 36.5 Å². The minimum atomic E-state index is -0.680. The molecule has 0 aromatic carbocycles. The number of carbonyl (C=O) groups excluding carboxylic acids is 2. The van der Waals surface area contributed by atoms with Gasteiger partial charge in [-0.05, 0) is 83.5 Å². The lowest BCUT2D eigenvalue weighted by Gasteiger charge is -2.22. The molecule has 0 bridgehead atoms. The molecule has 6 nitrogen and oxygen atoms in total. The molecule has 0 aliphatic heterocycles. The highest BCUT2D eigenvalue weighted by Crippen LogP contribution is 2.17. The first-order valence-electron chi connectivity index (χ1n) is 28.3. The van der Waals surface area contributed by atoms with Crippen LogP contribution >= 0.6 is 0 Å². The molecular weight excluding hydrogens is 791 g/mol. The molecule has 0 aliphatic carbocycles. The molecule has 0 aromatic heterocycles. The van der Waals surface area contributed by atoms with Crippen molar-refractivity contribution in [1.29, 1.82) is 0 Å². The molecule has 0 radical (unpaired) electrons. The van der Waals surface area contributed by atoms with Crippen LogP contribution in [0.2, 0.25) is 0 Å². The summed E-state index contributed by atoms with van der Waals surface area (Å²) < 4.78 is 5.43. The van der Waals surface area contributed by atoms with Crippen molar-refractivity contribution in [3.63, 3.8) is 0 Å². The van der Waals surface area contributed by atoms with E-state index in [1.165, 1.54) is 186 Å². The quantitative estimate of drug-likeness (QED) is 0.0245. The normalized spacial score (nSPS) is 12.9. The first kappa shape index (κ1) is 62.1. The van der Waals surface area contributed by atoms with Crippen LogP contribution in [0.15, 0.2) is 36.5 Å². The molecule has 0 saturated carbocycles. The van der Waals surface area contributed by atoms with E-state index in [4.69, 9.17) is 4.74 Å². The molecule has 0 fully saturated rings. The van der Waals surface area contributed by atoms with Gasteiger partial charge in [0.25, 0.3) is 0 Å². The predicted octanol–water partition coefficient (Wildman–Crippen LogP) is 17.2. The van der Waals surface area contributed by atoms with Gasteiger partial charge in [-0.15, -0.1) is 0 Å². The molecule has 2 unspecified atom stereocenters. The van der Waals surface area contributed by atoms with Gasteiger partial charge in [0.2, 0.25) is 5.91 Å². The molecule has 0 spiro atoms. The monoisotopic (exact) mass is 900 g/mol. The van der Waals surface area contributed by atoms with Gasteiger partial charge in [-0.25, -0.2) is 0 Å². The van der Waals surface area contributed by atoms with Gasteiger partial charge >= 0.3 is 5.97 Å². The third-order valence-corrected chi connectivity index (χ3v) is 12.9. The number of aliphatic hydroxyl groups is 2. The van der Waals surface area contributed by atoms with Crippen molar-refractivity contribution in [1.82, 2.24) is 5.32 Å². The van der Waals surface area contributed by atoms with Crippen molar-refractivity contribution >= 4 is 11.9 Å². The van der Waals surface area contributed by atoms with Gasteiger partial charge < -0.3 is 20.3 Å². The molecule has 64 heavy (non-hydrogen) atoms. The zero-order valence-electron chi connectivity index (χ0n) is 42.8. The Balaban J connectivity index is 3.53. The number of ether oxygens (including phenoxy) is 1. The van der Waals surface area contributed by atoms with Crippen LogP contribution in [0.3, 0.4) is 0 Å². The third-order valence-electron chi connectivity index (χ3n) is 12.9. The molecule has 2 atom stereocenters. The summed E-state index contributed by atoms with van der Waals surface area (Å²) in [5.41, 5.74) is 0. The lowest BCUT2D eigenvalue weighted by molar-refractivity contribution is -0.143. The Kier molecular flexibility index (Phi) is 52.1. The fourth-order valence-corrected chi connectivity index (χ4v) is 8.57. The first-order chi connectivity index (χ1) is 31.5. The van der Waals surface area contributed by atoms with Gasteiger partial charge in [-0.1, -0.05) is 237 Å². The van der Waals surface area contributed by atoms with E-state index >= 15 is 0 Å². The van der Waals surface area contributed by atoms with Crippen molar-refractivity contribution < 1.29 is 24.5 Å². The summed E-state index contributed by atoms with van der Waals surface area (Å²) >= 11 is 0. The Morgan fingerprint density at radius 2 is 0.781 bits per heavy atom. The molecule has 0 saturated heterocycles. The molecule has 6 heteroatoms. The predicted molar refractivity (Wildman–Crippen MR) is 278 cm³/mol. The van der Waals surface area contributed by atoms with Crippen LogP contribution in [0.5, 0.6) is 0 Å². The number of esters is 1. The van der Waals surface area contributed by atoms with Crippen molar-refractivity contribution in [3.8, 4) is 0 Å². The van der Waals surface area contributed by atoms with E-state index in [1.54, 1.807) is 0 Å². The van der Waals surface area contributed by atoms with Crippen LogP contribution in [-0.2, 0) is 14.3 Å². The lowest BCUT2D eigenvalue weighted by atomic mass is 10.0. The molecule has 1 amide bonds. The largest absolute Gasteiger partial charge is 0.466 e. The van der Waals surface area contributed by atoms with Gasteiger partial charge in [0.15, 0.2) is 0 Å². The van der Waals surface area contributed by atoms with Crippen LogP contribution in [0.25, 0.3) is 0 Å². The number of aliphatic hydroxyl groups excluding tert-OH is 2. The first-order valence-corrected chi connectivity index (χ1v) is 28.3. The van der Waals surface area contributed by atoms with Crippen molar-refractivity contribution in [2.24, 2.45) is 0 Å². The Hall–Kier alpha value is -1.92. The maximum Gasteiger partial charge on any atom is 0.305 e. The molecule has 0 heterocycles. The van der Waals surface area contributed by atoms with Gasteiger partial charge in [0, 0.05) is 12.8 Å². The van der Waals surface area contributed by atoms with E-state index in [-0.39, 0.29) is 18.5 Å². The van der Waals surface area contributed by atoms with Gasteiger partial charge in [0.1, 0.15) is 0 Å². The SMILES string of the molecule is CCCCCC/C=C\CCCCCCCC(=O)OCCCCC/C=C\C=C/CCCCCCCCC(=O)NC(CO)C(O)CCCCCCCCCCCCCCCCCCCCC. The minimum absolute atomic E-state index is 0.0309. The fraction of sp³-hybridized carbons (Fsp3) is 0.862. The number of allylic oxidation sites excluding steroid dienone is 6. The average molecular weight is 901 g/mol. The number of carbonyl (C=O) groups is 2. The van der Waals surface area contributed by atoms with Gasteiger partial charge in [-0.3, -0.25) is 9.59 Å². The number of nitrogens with one attached hydrogen (secondary N) is 1. The number of unbranched alkanes of at least 4 members (excludes halogenated alkanes) is 36. The van der Waals surface area contributed by atoms with E-state index in [1.807, 2.05) is 0 Å². The summed E-state index contributed by atoms with van der Waals surface area (Å²) in [6, 6.07) is -0.559. The number of amides is 1. The third kappa shape index (κ3) is 49.5. The minimum Gasteiger partial charge on any atom is -0.466 e. The Bertz CT molecular complexity index is 1040. The number of hydrogen-bond donors (Lipinski definition) is 3. The van der Waals surface area contributed by atoms with E-state index in [0.717, 1.165) is 77.0 Å². The van der Waals surface area contributed by atoms with Crippen molar-refractivity contribution in [2.75, 3.05) is 13.2 Å². The topological polar surface area (TPSA) is 95.9 Å². The maximum absolute atomic E-state index is 12.5. The molecule has 0 rings (SSSR count). The van der Waals surface area contributed by atoms with Crippen molar-refractivity contribution in [2.45, 2.75) is 309 Å². The smallest absolute Gasteiger partial charge is 0.305 e. The van der Waals surface area contributed by atoms with Crippen LogP contribution < -0.4 is 5.32 Å². The summed E-state index contributed by atoms with van der Waals surface area (Å²) in [5, 5.41) is 23.3. The van der Waals surface area contributed by atoms with E-state index in [0.29, 0.717) is 25.9 Å². The van der Waals surface area contributed by atoms with Gasteiger partial charge in [0.05, 0.1) is 25.4 Å². The van der Waals surface area contributed by atoms with Crippen LogP contribution in [0, 0.1) is 0 Å². The summed E-state index contributed by atoms with van der Waals surface area (Å²) in [6.07, 6.45) is 65.6. The zero-order valence-corrected chi connectivity index (χ0v) is 42.8. The Labute approximate surface area is 398 Å². The lowest BCUT2D eigenvalue weighted by Crippen LogP contribution is -2.45. The molecule has 0 aromatic rings. The number of hydrogen-bond acceptors (Lipinski definition) is 5. The van der Waals surface area contributed by atoms with Crippen LogP contribution in [0.4, 0.5) is 0 Å². The summed E-state index contributed by atoms with van der Waals surface area (Å²) in [6.45, 7) is 4.89.